The zero-order valence-electron chi connectivity index (χ0n) is 18.6. The predicted molar refractivity (Wildman–Crippen MR) is 121 cm³/mol. The number of carbonyl (C=O) groups excluding carboxylic acids is 2. The highest BCUT2D eigenvalue weighted by molar-refractivity contribution is 5.88. The number of rotatable bonds is 11. The SMILES string of the molecule is CCCCNC(=O)[C@@H](C)N(CCc1ccccc1)C(=O)COc1cccc(C)c1C. The van der Waals surface area contributed by atoms with Gasteiger partial charge >= 0.3 is 0 Å². The normalized spacial score (nSPS) is 11.6. The van der Waals surface area contributed by atoms with Gasteiger partial charge in [-0.05, 0) is 56.4 Å². The molecular weight excluding hydrogens is 376 g/mol. The Morgan fingerprint density at radius 1 is 1.07 bits per heavy atom. The van der Waals surface area contributed by atoms with Gasteiger partial charge < -0.3 is 15.0 Å². The Kier molecular flexibility index (Phi) is 9.39. The third-order valence-electron chi connectivity index (χ3n) is 5.39. The van der Waals surface area contributed by atoms with E-state index in [1.54, 1.807) is 11.8 Å². The first-order chi connectivity index (χ1) is 14.4. The molecule has 0 unspecified atom stereocenters. The molecule has 2 aromatic carbocycles. The highest BCUT2D eigenvalue weighted by Gasteiger charge is 2.26. The molecule has 5 heteroatoms. The molecule has 2 rings (SSSR count). The fourth-order valence-electron chi connectivity index (χ4n) is 3.21. The zero-order chi connectivity index (χ0) is 21.9. The molecule has 2 amide bonds. The minimum atomic E-state index is -0.555. The van der Waals surface area contributed by atoms with Crippen molar-refractivity contribution in [2.45, 2.75) is 53.0 Å². The number of benzene rings is 2. The topological polar surface area (TPSA) is 58.6 Å². The van der Waals surface area contributed by atoms with Crippen LogP contribution in [0.1, 0.15) is 43.4 Å². The van der Waals surface area contributed by atoms with Crippen molar-refractivity contribution in [1.29, 1.82) is 0 Å². The Hall–Kier alpha value is -2.82. The summed E-state index contributed by atoms with van der Waals surface area (Å²) in [5, 5.41) is 2.93. The molecule has 0 spiro atoms. The summed E-state index contributed by atoms with van der Waals surface area (Å²) in [6.07, 6.45) is 2.61. The van der Waals surface area contributed by atoms with Gasteiger partial charge in [0, 0.05) is 13.1 Å². The van der Waals surface area contributed by atoms with Crippen LogP contribution in [0.3, 0.4) is 0 Å². The fraction of sp³-hybridized carbons (Fsp3) is 0.440. The van der Waals surface area contributed by atoms with Crippen LogP contribution in [0.25, 0.3) is 0 Å². The van der Waals surface area contributed by atoms with E-state index in [2.05, 4.69) is 12.2 Å². The number of unbranched alkanes of at least 4 members (excludes halogenated alkanes) is 1. The van der Waals surface area contributed by atoms with Crippen LogP contribution in [-0.2, 0) is 16.0 Å². The summed E-state index contributed by atoms with van der Waals surface area (Å²) in [6.45, 7) is 8.84. The standard InChI is InChI=1S/C25H34N2O3/c1-5-6-16-26-25(29)21(4)27(17-15-22-12-8-7-9-13-22)24(28)18-30-23-14-10-11-19(2)20(23)3/h7-14,21H,5-6,15-18H2,1-4H3,(H,26,29)/t21-/m1/s1. The van der Waals surface area contributed by atoms with Gasteiger partial charge in [-0.25, -0.2) is 0 Å². The van der Waals surface area contributed by atoms with E-state index in [1.165, 1.54) is 0 Å². The van der Waals surface area contributed by atoms with Crippen molar-refractivity contribution in [2.75, 3.05) is 19.7 Å². The summed E-state index contributed by atoms with van der Waals surface area (Å²) in [4.78, 5) is 27.3. The number of ether oxygens (including phenoxy) is 1. The number of carbonyl (C=O) groups is 2. The minimum Gasteiger partial charge on any atom is -0.483 e. The molecular formula is C25H34N2O3. The van der Waals surface area contributed by atoms with Gasteiger partial charge in [0.25, 0.3) is 5.91 Å². The number of amides is 2. The monoisotopic (exact) mass is 410 g/mol. The number of nitrogens with zero attached hydrogens (tertiary/aromatic N) is 1. The number of hydrogen-bond acceptors (Lipinski definition) is 3. The maximum absolute atomic E-state index is 13.0. The van der Waals surface area contributed by atoms with Crippen molar-refractivity contribution in [1.82, 2.24) is 10.2 Å². The third kappa shape index (κ3) is 6.90. The van der Waals surface area contributed by atoms with Crippen LogP contribution in [0.15, 0.2) is 48.5 Å². The quantitative estimate of drug-likeness (QED) is 0.569. The van der Waals surface area contributed by atoms with Crippen LogP contribution < -0.4 is 10.1 Å². The van der Waals surface area contributed by atoms with Crippen LogP contribution in [0, 0.1) is 13.8 Å². The van der Waals surface area contributed by atoms with Gasteiger partial charge in [-0.15, -0.1) is 0 Å². The van der Waals surface area contributed by atoms with Crippen LogP contribution in [0.4, 0.5) is 0 Å². The van der Waals surface area contributed by atoms with Crippen molar-refractivity contribution in [3.8, 4) is 5.75 Å². The van der Waals surface area contributed by atoms with E-state index in [0.717, 1.165) is 29.5 Å². The Bertz CT molecular complexity index is 820. The maximum Gasteiger partial charge on any atom is 0.261 e. The van der Waals surface area contributed by atoms with Gasteiger partial charge in [0.1, 0.15) is 11.8 Å². The molecule has 162 valence electrons. The van der Waals surface area contributed by atoms with Gasteiger partial charge in [0.05, 0.1) is 0 Å². The van der Waals surface area contributed by atoms with E-state index in [-0.39, 0.29) is 18.4 Å². The van der Waals surface area contributed by atoms with Crippen molar-refractivity contribution in [3.05, 3.63) is 65.2 Å². The Morgan fingerprint density at radius 3 is 2.50 bits per heavy atom. The first kappa shape index (κ1) is 23.5. The van der Waals surface area contributed by atoms with Gasteiger partial charge in [-0.3, -0.25) is 9.59 Å². The average molecular weight is 411 g/mol. The maximum atomic E-state index is 13.0. The molecule has 5 nitrogen and oxygen atoms in total. The average Bonchev–Trinajstić information content (AvgIpc) is 2.75. The lowest BCUT2D eigenvalue weighted by molar-refractivity contribution is -0.141. The van der Waals surface area contributed by atoms with Gasteiger partial charge in [0.15, 0.2) is 6.61 Å². The molecule has 0 bridgehead atoms. The van der Waals surface area contributed by atoms with E-state index in [1.807, 2.05) is 62.4 Å². The van der Waals surface area contributed by atoms with Gasteiger partial charge in [-0.1, -0.05) is 55.8 Å². The predicted octanol–water partition coefficient (Wildman–Crippen LogP) is 4.06. The van der Waals surface area contributed by atoms with Gasteiger partial charge in [0.2, 0.25) is 5.91 Å². The summed E-state index contributed by atoms with van der Waals surface area (Å²) in [5.41, 5.74) is 3.26. The van der Waals surface area contributed by atoms with E-state index in [9.17, 15) is 9.59 Å². The molecule has 0 saturated carbocycles. The molecule has 0 aliphatic rings. The second kappa shape index (κ2) is 12.0. The molecule has 0 heterocycles. The lowest BCUT2D eigenvalue weighted by atomic mass is 10.1. The smallest absolute Gasteiger partial charge is 0.261 e. The molecule has 0 fully saturated rings. The third-order valence-corrected chi connectivity index (χ3v) is 5.39. The van der Waals surface area contributed by atoms with Gasteiger partial charge in [-0.2, -0.15) is 0 Å². The largest absolute Gasteiger partial charge is 0.483 e. The van der Waals surface area contributed by atoms with Crippen molar-refractivity contribution >= 4 is 11.8 Å². The summed E-state index contributed by atoms with van der Waals surface area (Å²) in [7, 11) is 0. The van der Waals surface area contributed by atoms with E-state index in [4.69, 9.17) is 4.74 Å². The lowest BCUT2D eigenvalue weighted by Crippen LogP contribution is -2.50. The van der Waals surface area contributed by atoms with Crippen LogP contribution in [0.2, 0.25) is 0 Å². The summed E-state index contributed by atoms with van der Waals surface area (Å²) >= 11 is 0. The molecule has 1 atom stereocenters. The van der Waals surface area contributed by atoms with Crippen molar-refractivity contribution < 1.29 is 14.3 Å². The first-order valence-electron chi connectivity index (χ1n) is 10.7. The van der Waals surface area contributed by atoms with Crippen LogP contribution >= 0.6 is 0 Å². The Labute approximate surface area is 180 Å². The van der Waals surface area contributed by atoms with Crippen LogP contribution in [0.5, 0.6) is 5.75 Å². The summed E-state index contributed by atoms with van der Waals surface area (Å²) in [6, 6.07) is 15.2. The number of aryl methyl sites for hydroxylation is 1. The highest BCUT2D eigenvalue weighted by atomic mass is 16.5. The zero-order valence-corrected chi connectivity index (χ0v) is 18.6. The second-order valence-electron chi connectivity index (χ2n) is 7.63. The minimum absolute atomic E-state index is 0.0916. The highest BCUT2D eigenvalue weighted by Crippen LogP contribution is 2.20. The summed E-state index contributed by atoms with van der Waals surface area (Å²) in [5.74, 6) is 0.382. The molecule has 0 radical (unpaired) electrons. The first-order valence-corrected chi connectivity index (χ1v) is 10.7. The number of hydrogen-bond donors (Lipinski definition) is 1. The second-order valence-corrected chi connectivity index (χ2v) is 7.63. The molecule has 2 aromatic rings. The molecule has 0 aliphatic carbocycles. The molecule has 0 aliphatic heterocycles. The Morgan fingerprint density at radius 2 is 1.80 bits per heavy atom. The number of nitrogens with one attached hydrogen (secondary N) is 1. The summed E-state index contributed by atoms with van der Waals surface area (Å²) < 4.78 is 5.82. The Balaban J connectivity index is 2.07. The lowest BCUT2D eigenvalue weighted by Gasteiger charge is -2.29. The van der Waals surface area contributed by atoms with E-state index >= 15 is 0 Å². The van der Waals surface area contributed by atoms with Crippen molar-refractivity contribution in [3.63, 3.8) is 0 Å². The fourth-order valence-corrected chi connectivity index (χ4v) is 3.21. The molecule has 30 heavy (non-hydrogen) atoms. The van der Waals surface area contributed by atoms with E-state index in [0.29, 0.717) is 25.3 Å². The molecule has 0 aromatic heterocycles. The van der Waals surface area contributed by atoms with Crippen LogP contribution in [-0.4, -0.2) is 42.5 Å². The molecule has 0 saturated heterocycles. The van der Waals surface area contributed by atoms with E-state index < -0.39 is 6.04 Å². The van der Waals surface area contributed by atoms with Crippen molar-refractivity contribution in [2.24, 2.45) is 0 Å². The molecule has 1 N–H and O–H groups in total.